The van der Waals surface area contributed by atoms with Crippen LogP contribution in [0.1, 0.15) is 19.3 Å². The van der Waals surface area contributed by atoms with E-state index in [1.54, 1.807) is 12.4 Å². The molecule has 0 spiro atoms. The molecule has 0 saturated heterocycles. The number of nitrogens with two attached hydrogens (primary N) is 1. The van der Waals surface area contributed by atoms with Crippen molar-refractivity contribution in [3.05, 3.63) is 29.0 Å². The van der Waals surface area contributed by atoms with Gasteiger partial charge in [-0.05, 0) is 47.3 Å². The van der Waals surface area contributed by atoms with Crippen LogP contribution in [0.25, 0.3) is 11.0 Å². The molecule has 3 rings (SSSR count). The molecule has 5 heteroatoms. The summed E-state index contributed by atoms with van der Waals surface area (Å²) in [6, 6.07) is 3.92. The second kappa shape index (κ2) is 4.48. The Morgan fingerprint density at radius 2 is 2.22 bits per heavy atom. The Hall–Kier alpha value is -1.20. The highest BCUT2D eigenvalue weighted by molar-refractivity contribution is 9.10. The minimum Gasteiger partial charge on any atom is -0.381 e. The Morgan fingerprint density at radius 1 is 1.39 bits per heavy atom. The number of nitrogens with zero attached hydrogens (tertiary/aromatic N) is 2. The van der Waals surface area contributed by atoms with Crippen LogP contribution in [-0.4, -0.2) is 22.1 Å². The zero-order chi connectivity index (χ0) is 12.6. The van der Waals surface area contributed by atoms with Crippen molar-refractivity contribution in [1.82, 2.24) is 9.97 Å². The van der Waals surface area contributed by atoms with Crippen LogP contribution in [0.15, 0.2) is 29.0 Å². The van der Waals surface area contributed by atoms with Gasteiger partial charge in [0, 0.05) is 29.0 Å². The average Bonchev–Trinajstić information content (AvgIpc) is 2.33. The summed E-state index contributed by atoms with van der Waals surface area (Å²) in [6.45, 7) is 0.795. The van der Waals surface area contributed by atoms with Gasteiger partial charge in [-0.2, -0.15) is 0 Å². The van der Waals surface area contributed by atoms with Gasteiger partial charge >= 0.3 is 0 Å². The number of aromatic nitrogens is 2. The van der Waals surface area contributed by atoms with Gasteiger partial charge in [0.25, 0.3) is 0 Å². The third-order valence-corrected chi connectivity index (χ3v) is 3.96. The highest BCUT2D eigenvalue weighted by Crippen LogP contribution is 2.30. The molecule has 2 aromatic rings. The van der Waals surface area contributed by atoms with Crippen molar-refractivity contribution in [2.45, 2.75) is 24.8 Å². The lowest BCUT2D eigenvalue weighted by Gasteiger charge is -2.38. The molecule has 0 amide bonds. The van der Waals surface area contributed by atoms with Gasteiger partial charge in [-0.3, -0.25) is 9.97 Å². The van der Waals surface area contributed by atoms with Gasteiger partial charge < -0.3 is 11.1 Å². The first-order valence-electron chi connectivity index (χ1n) is 6.09. The molecule has 18 heavy (non-hydrogen) atoms. The Kier molecular flexibility index (Phi) is 2.95. The van der Waals surface area contributed by atoms with Crippen LogP contribution in [0.3, 0.4) is 0 Å². The number of anilines is 1. The molecule has 0 aliphatic heterocycles. The molecular formula is C13H15BrN4. The maximum Gasteiger partial charge on any atom is 0.112 e. The van der Waals surface area contributed by atoms with E-state index in [9.17, 15) is 0 Å². The summed E-state index contributed by atoms with van der Waals surface area (Å²) in [6.07, 6.45) is 7.02. The maximum absolute atomic E-state index is 6.21. The van der Waals surface area contributed by atoms with Gasteiger partial charge in [-0.15, -0.1) is 0 Å². The summed E-state index contributed by atoms with van der Waals surface area (Å²) in [7, 11) is 0. The minimum atomic E-state index is -0.0367. The molecule has 1 fully saturated rings. The normalized spacial score (nSPS) is 17.4. The number of hydrogen-bond acceptors (Lipinski definition) is 4. The van der Waals surface area contributed by atoms with Crippen molar-refractivity contribution < 1.29 is 0 Å². The topological polar surface area (TPSA) is 63.8 Å². The average molecular weight is 307 g/mol. The van der Waals surface area contributed by atoms with Gasteiger partial charge in [0.15, 0.2) is 0 Å². The molecule has 0 bridgehead atoms. The van der Waals surface area contributed by atoms with E-state index in [4.69, 9.17) is 5.73 Å². The molecule has 0 unspecified atom stereocenters. The smallest absolute Gasteiger partial charge is 0.112 e. The van der Waals surface area contributed by atoms with E-state index >= 15 is 0 Å². The fraction of sp³-hybridized carbons (Fsp3) is 0.385. The quantitative estimate of drug-likeness (QED) is 0.915. The number of pyridine rings is 2. The van der Waals surface area contributed by atoms with E-state index in [2.05, 4.69) is 31.2 Å². The van der Waals surface area contributed by atoms with Crippen LogP contribution in [0.5, 0.6) is 0 Å². The van der Waals surface area contributed by atoms with Crippen LogP contribution in [0, 0.1) is 0 Å². The molecule has 2 aromatic heterocycles. The zero-order valence-corrected chi connectivity index (χ0v) is 11.6. The van der Waals surface area contributed by atoms with Gasteiger partial charge in [0.1, 0.15) is 5.52 Å². The van der Waals surface area contributed by atoms with Crippen molar-refractivity contribution in [3.8, 4) is 0 Å². The van der Waals surface area contributed by atoms with Crippen LogP contribution in [-0.2, 0) is 0 Å². The summed E-state index contributed by atoms with van der Waals surface area (Å²) >= 11 is 3.41. The van der Waals surface area contributed by atoms with Crippen LogP contribution in [0.2, 0.25) is 0 Å². The molecular weight excluding hydrogens is 292 g/mol. The predicted octanol–water partition coefficient (Wildman–Crippen LogP) is 2.69. The summed E-state index contributed by atoms with van der Waals surface area (Å²) in [5.74, 6) is 0. The highest BCUT2D eigenvalue weighted by Gasteiger charge is 2.32. The molecule has 1 aliphatic rings. The first-order valence-corrected chi connectivity index (χ1v) is 6.89. The lowest BCUT2D eigenvalue weighted by Crippen LogP contribution is -2.51. The fourth-order valence-corrected chi connectivity index (χ4v) is 2.55. The Morgan fingerprint density at radius 3 is 2.94 bits per heavy atom. The molecule has 1 aliphatic carbocycles. The second-order valence-corrected chi connectivity index (χ2v) is 5.86. The molecule has 2 heterocycles. The summed E-state index contributed by atoms with van der Waals surface area (Å²) < 4.78 is 0.939. The Labute approximate surface area is 114 Å². The first-order chi connectivity index (χ1) is 8.66. The highest BCUT2D eigenvalue weighted by atomic mass is 79.9. The largest absolute Gasteiger partial charge is 0.381 e. The van der Waals surface area contributed by atoms with Crippen LogP contribution < -0.4 is 11.1 Å². The molecule has 0 radical (unpaired) electrons. The van der Waals surface area contributed by atoms with E-state index in [-0.39, 0.29) is 5.54 Å². The summed E-state index contributed by atoms with van der Waals surface area (Å²) in [4.78, 5) is 8.73. The van der Waals surface area contributed by atoms with Gasteiger partial charge in [-0.1, -0.05) is 0 Å². The van der Waals surface area contributed by atoms with Gasteiger partial charge in [-0.25, -0.2) is 0 Å². The summed E-state index contributed by atoms with van der Waals surface area (Å²) in [5.41, 5.74) is 8.96. The van der Waals surface area contributed by atoms with Crippen molar-refractivity contribution in [2.75, 3.05) is 11.9 Å². The van der Waals surface area contributed by atoms with E-state index in [0.29, 0.717) is 0 Å². The third-order valence-electron chi connectivity index (χ3n) is 3.52. The Bertz CT molecular complexity index is 580. The van der Waals surface area contributed by atoms with Gasteiger partial charge in [0.2, 0.25) is 0 Å². The number of hydrogen-bond donors (Lipinski definition) is 2. The summed E-state index contributed by atoms with van der Waals surface area (Å²) in [5, 5.41) is 3.41. The monoisotopic (exact) mass is 306 g/mol. The lowest BCUT2D eigenvalue weighted by atomic mass is 9.78. The molecule has 3 N–H and O–H groups in total. The minimum absolute atomic E-state index is 0.0367. The van der Waals surface area contributed by atoms with Crippen molar-refractivity contribution in [3.63, 3.8) is 0 Å². The number of halogens is 1. The van der Waals surface area contributed by atoms with E-state index in [1.807, 2.05) is 12.1 Å². The lowest BCUT2D eigenvalue weighted by molar-refractivity contribution is 0.265. The molecule has 0 atom stereocenters. The Balaban J connectivity index is 1.87. The van der Waals surface area contributed by atoms with Crippen LogP contribution >= 0.6 is 15.9 Å². The molecule has 1 saturated carbocycles. The number of rotatable bonds is 3. The van der Waals surface area contributed by atoms with E-state index in [1.165, 1.54) is 6.42 Å². The number of nitrogens with one attached hydrogen (secondary N) is 1. The van der Waals surface area contributed by atoms with Gasteiger partial charge in [0.05, 0.1) is 11.2 Å². The number of fused-ring (bicyclic) bond motifs is 1. The third kappa shape index (κ3) is 2.20. The standard InChI is InChI=1S/C13H15BrN4/c14-9-6-11-12(17-7-9)10(2-5-16-11)18-8-13(15)3-1-4-13/h2,5-7H,1,3-4,8,15H2,(H,16,18). The maximum atomic E-state index is 6.21. The van der Waals surface area contributed by atoms with Crippen LogP contribution in [0.4, 0.5) is 5.69 Å². The van der Waals surface area contributed by atoms with Crippen molar-refractivity contribution >= 4 is 32.7 Å². The zero-order valence-electron chi connectivity index (χ0n) is 9.99. The SMILES string of the molecule is NC1(CNc2ccnc3cc(Br)cnc23)CCC1. The van der Waals surface area contributed by atoms with E-state index < -0.39 is 0 Å². The van der Waals surface area contributed by atoms with Crippen molar-refractivity contribution in [2.24, 2.45) is 5.73 Å². The molecule has 0 aromatic carbocycles. The van der Waals surface area contributed by atoms with E-state index in [0.717, 1.165) is 40.6 Å². The molecule has 4 nitrogen and oxygen atoms in total. The fourth-order valence-electron chi connectivity index (χ4n) is 2.23. The van der Waals surface area contributed by atoms with Crippen molar-refractivity contribution in [1.29, 1.82) is 0 Å². The predicted molar refractivity (Wildman–Crippen MR) is 76.5 cm³/mol. The molecule has 94 valence electrons. The second-order valence-electron chi connectivity index (χ2n) is 4.95. The first kappa shape index (κ1) is 11.9.